The molecule has 1 amide bonds. The number of thiazole rings is 1. The average Bonchev–Trinajstić information content (AvgIpc) is 3.02. The highest BCUT2D eigenvalue weighted by molar-refractivity contribution is 7.22. The Morgan fingerprint density at radius 2 is 1.68 bits per heavy atom. The first kappa shape index (κ1) is 20.5. The molecule has 4 nitrogen and oxygen atoms in total. The van der Waals surface area contributed by atoms with E-state index in [1.54, 1.807) is 11.3 Å². The van der Waals surface area contributed by atoms with Crippen LogP contribution in [0.2, 0.25) is 0 Å². The molecular formula is C23H29N3OS. The fourth-order valence-corrected chi connectivity index (χ4v) is 4.29. The van der Waals surface area contributed by atoms with Crippen molar-refractivity contribution in [3.05, 3.63) is 58.1 Å². The van der Waals surface area contributed by atoms with E-state index in [1.165, 1.54) is 11.1 Å². The molecule has 0 N–H and O–H groups in total. The summed E-state index contributed by atoms with van der Waals surface area (Å²) in [5, 5.41) is 0.782. The Kier molecular flexibility index (Phi) is 6.16. The summed E-state index contributed by atoms with van der Waals surface area (Å²) in [6.07, 6.45) is 0.900. The molecule has 5 heteroatoms. The van der Waals surface area contributed by atoms with Gasteiger partial charge in [0, 0.05) is 12.1 Å². The van der Waals surface area contributed by atoms with Crippen LogP contribution in [0, 0.1) is 27.7 Å². The average molecular weight is 396 g/mol. The van der Waals surface area contributed by atoms with Crippen molar-refractivity contribution < 1.29 is 4.79 Å². The monoisotopic (exact) mass is 395 g/mol. The minimum atomic E-state index is 0.0347. The predicted molar refractivity (Wildman–Crippen MR) is 120 cm³/mol. The number of hydrogen-bond acceptors (Lipinski definition) is 4. The van der Waals surface area contributed by atoms with Crippen molar-refractivity contribution in [1.29, 1.82) is 0 Å². The summed E-state index contributed by atoms with van der Waals surface area (Å²) in [4.78, 5) is 22.3. The van der Waals surface area contributed by atoms with Crippen LogP contribution in [0.5, 0.6) is 0 Å². The number of fused-ring (bicyclic) bond motifs is 1. The number of aromatic nitrogens is 1. The normalized spacial score (nSPS) is 11.4. The molecular weight excluding hydrogens is 366 g/mol. The molecule has 0 saturated heterocycles. The van der Waals surface area contributed by atoms with Gasteiger partial charge in [0.1, 0.15) is 0 Å². The van der Waals surface area contributed by atoms with Crippen LogP contribution >= 0.6 is 11.3 Å². The van der Waals surface area contributed by atoms with Crippen molar-refractivity contribution in [2.75, 3.05) is 32.1 Å². The number of carbonyl (C=O) groups excluding carboxylic acids is 1. The maximum Gasteiger partial charge on any atom is 0.260 e. The van der Waals surface area contributed by atoms with Gasteiger partial charge in [-0.1, -0.05) is 29.0 Å². The molecule has 1 heterocycles. The molecule has 3 aromatic rings. The number of hydrogen-bond donors (Lipinski definition) is 0. The second-order valence-corrected chi connectivity index (χ2v) is 8.84. The predicted octanol–water partition coefficient (Wildman–Crippen LogP) is 5.13. The number of benzene rings is 2. The summed E-state index contributed by atoms with van der Waals surface area (Å²) in [5.74, 6) is 0.0347. The molecule has 0 aliphatic rings. The number of rotatable bonds is 6. The van der Waals surface area contributed by atoms with Gasteiger partial charge in [-0.15, -0.1) is 0 Å². The smallest absolute Gasteiger partial charge is 0.260 e. The van der Waals surface area contributed by atoms with E-state index in [4.69, 9.17) is 4.98 Å². The summed E-state index contributed by atoms with van der Waals surface area (Å²) in [6.45, 7) is 9.82. The van der Waals surface area contributed by atoms with E-state index >= 15 is 0 Å². The standard InChI is InChI=1S/C23H29N3OS/c1-15-8-9-16(2)19(12-15)22(27)26(11-7-10-25(5)6)23-24-20-13-17(3)18(4)14-21(20)28-23/h8-9,12-14H,7,10-11H2,1-6H3. The molecule has 0 radical (unpaired) electrons. The molecule has 0 atom stereocenters. The van der Waals surface area contributed by atoms with Gasteiger partial charge in [0.2, 0.25) is 0 Å². The third-order valence-corrected chi connectivity index (χ3v) is 6.12. The minimum Gasteiger partial charge on any atom is -0.309 e. The van der Waals surface area contributed by atoms with Crippen molar-refractivity contribution in [1.82, 2.24) is 9.88 Å². The van der Waals surface area contributed by atoms with Crippen molar-refractivity contribution >= 4 is 32.6 Å². The van der Waals surface area contributed by atoms with E-state index in [0.29, 0.717) is 6.54 Å². The summed E-state index contributed by atoms with van der Waals surface area (Å²) in [7, 11) is 4.11. The molecule has 0 unspecified atom stereocenters. The Balaban J connectivity index is 2.01. The number of amides is 1. The number of anilines is 1. The quantitative estimate of drug-likeness (QED) is 0.581. The summed E-state index contributed by atoms with van der Waals surface area (Å²) in [5.41, 5.74) is 6.30. The lowest BCUT2D eigenvalue weighted by Gasteiger charge is -2.22. The minimum absolute atomic E-state index is 0.0347. The number of nitrogens with zero attached hydrogens (tertiary/aromatic N) is 3. The zero-order valence-electron chi connectivity index (χ0n) is 17.7. The first-order valence-corrected chi connectivity index (χ1v) is 10.5. The lowest BCUT2D eigenvalue weighted by Crippen LogP contribution is -2.34. The number of aryl methyl sites for hydroxylation is 4. The molecule has 0 saturated carbocycles. The van der Waals surface area contributed by atoms with Crippen molar-refractivity contribution in [3.63, 3.8) is 0 Å². The molecule has 2 aromatic carbocycles. The molecule has 0 fully saturated rings. The molecule has 28 heavy (non-hydrogen) atoms. The van der Waals surface area contributed by atoms with Crippen LogP contribution in [0.25, 0.3) is 10.2 Å². The zero-order chi connectivity index (χ0) is 20.4. The summed E-state index contributed by atoms with van der Waals surface area (Å²) in [6, 6.07) is 10.3. The first-order chi connectivity index (χ1) is 13.3. The van der Waals surface area contributed by atoms with E-state index in [9.17, 15) is 4.79 Å². The SMILES string of the molecule is Cc1ccc(C)c(C(=O)N(CCCN(C)C)c2nc3cc(C)c(C)cc3s2)c1. The Labute approximate surface area is 171 Å². The fraction of sp³-hybridized carbons (Fsp3) is 0.391. The highest BCUT2D eigenvalue weighted by Gasteiger charge is 2.22. The maximum absolute atomic E-state index is 13.5. The summed E-state index contributed by atoms with van der Waals surface area (Å²) < 4.78 is 1.13. The van der Waals surface area contributed by atoms with Crippen LogP contribution in [0.4, 0.5) is 5.13 Å². The van der Waals surface area contributed by atoms with Crippen LogP contribution < -0.4 is 4.90 Å². The van der Waals surface area contributed by atoms with Gasteiger partial charge in [-0.25, -0.2) is 4.98 Å². The third-order valence-electron chi connectivity index (χ3n) is 5.08. The second-order valence-electron chi connectivity index (χ2n) is 7.83. The van der Waals surface area contributed by atoms with Crippen LogP contribution in [-0.4, -0.2) is 43.0 Å². The van der Waals surface area contributed by atoms with Gasteiger partial charge in [-0.2, -0.15) is 0 Å². The summed E-state index contributed by atoms with van der Waals surface area (Å²) >= 11 is 1.60. The van der Waals surface area contributed by atoms with Crippen molar-refractivity contribution in [2.24, 2.45) is 0 Å². The first-order valence-electron chi connectivity index (χ1n) is 9.68. The molecule has 0 aliphatic heterocycles. The van der Waals surface area contributed by atoms with Gasteiger partial charge in [-0.3, -0.25) is 9.69 Å². The zero-order valence-corrected chi connectivity index (χ0v) is 18.5. The molecule has 0 spiro atoms. The highest BCUT2D eigenvalue weighted by Crippen LogP contribution is 2.32. The van der Waals surface area contributed by atoms with E-state index in [1.807, 2.05) is 36.9 Å². The molecule has 148 valence electrons. The van der Waals surface area contributed by atoms with Crippen LogP contribution in [-0.2, 0) is 0 Å². The van der Waals surface area contributed by atoms with Gasteiger partial charge in [0.05, 0.1) is 10.2 Å². The molecule has 0 aliphatic carbocycles. The Bertz CT molecular complexity index is 967. The van der Waals surface area contributed by atoms with Gasteiger partial charge in [0.25, 0.3) is 5.91 Å². The highest BCUT2D eigenvalue weighted by atomic mass is 32.1. The van der Waals surface area contributed by atoms with Crippen LogP contribution in [0.15, 0.2) is 30.3 Å². The van der Waals surface area contributed by atoms with Gasteiger partial charge < -0.3 is 4.90 Å². The fourth-order valence-electron chi connectivity index (χ4n) is 3.22. The molecule has 0 bridgehead atoms. The van der Waals surface area contributed by atoms with Gasteiger partial charge in [0.15, 0.2) is 5.13 Å². The lowest BCUT2D eigenvalue weighted by atomic mass is 10.0. The third kappa shape index (κ3) is 4.42. The van der Waals surface area contributed by atoms with E-state index < -0.39 is 0 Å². The van der Waals surface area contributed by atoms with Gasteiger partial charge >= 0.3 is 0 Å². The van der Waals surface area contributed by atoms with Crippen molar-refractivity contribution in [2.45, 2.75) is 34.1 Å². The number of carbonyl (C=O) groups is 1. The lowest BCUT2D eigenvalue weighted by molar-refractivity contribution is 0.0985. The van der Waals surface area contributed by atoms with Gasteiger partial charge in [-0.05, 0) is 89.6 Å². The molecule has 3 rings (SSSR count). The topological polar surface area (TPSA) is 36.4 Å². The Hall–Kier alpha value is -2.24. The Morgan fingerprint density at radius 3 is 2.39 bits per heavy atom. The van der Waals surface area contributed by atoms with E-state index in [-0.39, 0.29) is 5.91 Å². The largest absolute Gasteiger partial charge is 0.309 e. The second kappa shape index (κ2) is 8.41. The van der Waals surface area contributed by atoms with E-state index in [2.05, 4.69) is 45.0 Å². The van der Waals surface area contributed by atoms with Crippen LogP contribution in [0.1, 0.15) is 39.0 Å². The van der Waals surface area contributed by atoms with E-state index in [0.717, 1.165) is 45.0 Å². The Morgan fingerprint density at radius 1 is 0.964 bits per heavy atom. The van der Waals surface area contributed by atoms with Crippen LogP contribution in [0.3, 0.4) is 0 Å². The molecule has 1 aromatic heterocycles. The maximum atomic E-state index is 13.5. The van der Waals surface area contributed by atoms with Crippen molar-refractivity contribution in [3.8, 4) is 0 Å².